The highest BCUT2D eigenvalue weighted by molar-refractivity contribution is 8.00. The minimum absolute atomic E-state index is 0.0734. The quantitative estimate of drug-likeness (QED) is 0.657. The average molecular weight is 355 g/mol. The Kier molecular flexibility index (Phi) is 5.86. The van der Waals surface area contributed by atoms with E-state index in [2.05, 4.69) is 10.1 Å². The van der Waals surface area contributed by atoms with Crippen molar-refractivity contribution in [3.05, 3.63) is 59.4 Å². The van der Waals surface area contributed by atoms with Gasteiger partial charge in [-0.1, -0.05) is 0 Å². The number of methoxy groups -OCH3 is 1. The number of hydrogen-bond donors (Lipinski definition) is 1. The van der Waals surface area contributed by atoms with E-state index in [-0.39, 0.29) is 11.4 Å². The smallest absolute Gasteiger partial charge is 0.340 e. The van der Waals surface area contributed by atoms with E-state index in [1.165, 1.54) is 24.3 Å². The molecule has 2 aromatic rings. The molecular weight excluding hydrogens is 343 g/mol. The van der Waals surface area contributed by atoms with E-state index in [1.807, 2.05) is 0 Å². The molecule has 2 aromatic carbocycles. The van der Waals surface area contributed by atoms with Crippen LogP contribution in [0.3, 0.4) is 0 Å². The maximum atomic E-state index is 13.7. The summed E-state index contributed by atoms with van der Waals surface area (Å²) in [5.41, 5.74) is -0.818. The number of nitrogens with one attached hydrogen (secondary N) is 1. The van der Waals surface area contributed by atoms with Gasteiger partial charge in [-0.25, -0.2) is 18.0 Å². The first-order chi connectivity index (χ1) is 11.4. The molecule has 0 aromatic heterocycles. The fourth-order valence-electron chi connectivity index (χ4n) is 1.78. The molecule has 0 spiro atoms. The Morgan fingerprint density at radius 3 is 2.38 bits per heavy atom. The molecule has 4 nitrogen and oxygen atoms in total. The average Bonchev–Trinajstić information content (AvgIpc) is 2.56. The van der Waals surface area contributed by atoms with E-state index in [9.17, 15) is 22.8 Å². The molecule has 0 fully saturated rings. The Morgan fingerprint density at radius 1 is 1.08 bits per heavy atom. The van der Waals surface area contributed by atoms with Crippen LogP contribution in [0, 0.1) is 17.5 Å². The number of thioether (sulfide) groups is 1. The molecule has 0 aliphatic carbocycles. The summed E-state index contributed by atoms with van der Waals surface area (Å²) in [6.45, 7) is 0. The molecule has 0 aliphatic rings. The van der Waals surface area contributed by atoms with Crippen LogP contribution in [0.5, 0.6) is 0 Å². The zero-order valence-electron chi connectivity index (χ0n) is 12.4. The van der Waals surface area contributed by atoms with Gasteiger partial charge in [-0.2, -0.15) is 0 Å². The van der Waals surface area contributed by atoms with Crippen molar-refractivity contribution >= 4 is 29.3 Å². The van der Waals surface area contributed by atoms with Gasteiger partial charge in [-0.3, -0.25) is 4.79 Å². The topological polar surface area (TPSA) is 55.4 Å². The van der Waals surface area contributed by atoms with Crippen LogP contribution in [0.4, 0.5) is 18.9 Å². The number of halogens is 3. The summed E-state index contributed by atoms with van der Waals surface area (Å²) in [5, 5.41) is 2.26. The summed E-state index contributed by atoms with van der Waals surface area (Å²) in [7, 11) is 1.06. The van der Waals surface area contributed by atoms with Crippen molar-refractivity contribution in [2.24, 2.45) is 0 Å². The predicted molar refractivity (Wildman–Crippen MR) is 83.5 cm³/mol. The molecule has 0 aliphatic heterocycles. The van der Waals surface area contributed by atoms with Gasteiger partial charge in [0.2, 0.25) is 5.91 Å². The normalized spacial score (nSPS) is 10.3. The SMILES string of the molecule is COC(=O)c1cc(NC(=O)CSc2ccc(F)cc2)c(F)cc1F. The van der Waals surface area contributed by atoms with E-state index in [4.69, 9.17) is 0 Å². The van der Waals surface area contributed by atoms with Gasteiger partial charge < -0.3 is 10.1 Å². The Morgan fingerprint density at radius 2 is 1.75 bits per heavy atom. The molecule has 0 bridgehead atoms. The van der Waals surface area contributed by atoms with Crippen LogP contribution in [0.2, 0.25) is 0 Å². The van der Waals surface area contributed by atoms with E-state index in [0.717, 1.165) is 24.9 Å². The summed E-state index contributed by atoms with van der Waals surface area (Å²) in [6.07, 6.45) is 0. The van der Waals surface area contributed by atoms with Gasteiger partial charge in [0.1, 0.15) is 17.5 Å². The highest BCUT2D eigenvalue weighted by atomic mass is 32.2. The molecule has 0 saturated carbocycles. The summed E-state index contributed by atoms with van der Waals surface area (Å²) in [4.78, 5) is 23.9. The Bertz CT molecular complexity index is 766. The van der Waals surface area contributed by atoms with Crippen molar-refractivity contribution in [2.75, 3.05) is 18.2 Å². The number of hydrogen-bond acceptors (Lipinski definition) is 4. The molecule has 0 radical (unpaired) electrons. The molecule has 0 heterocycles. The number of carbonyl (C=O) groups is 2. The van der Waals surface area contributed by atoms with Gasteiger partial charge in [-0.05, 0) is 30.3 Å². The standard InChI is InChI=1S/C16H12F3NO3S/c1-23-16(22)11-6-14(13(19)7-12(11)18)20-15(21)8-24-10-4-2-9(17)3-5-10/h2-7H,8H2,1H3,(H,20,21). The summed E-state index contributed by atoms with van der Waals surface area (Å²) < 4.78 is 44.4. The number of benzene rings is 2. The lowest BCUT2D eigenvalue weighted by molar-refractivity contribution is -0.113. The minimum atomic E-state index is -1.09. The van der Waals surface area contributed by atoms with Gasteiger partial charge in [0.15, 0.2) is 0 Å². The van der Waals surface area contributed by atoms with Gasteiger partial charge in [0.25, 0.3) is 0 Å². The summed E-state index contributed by atoms with van der Waals surface area (Å²) in [5.74, 6) is -4.11. The van der Waals surface area contributed by atoms with Crippen LogP contribution in [0.25, 0.3) is 0 Å². The molecule has 8 heteroatoms. The zero-order chi connectivity index (χ0) is 17.7. The Labute approximate surface area is 140 Å². The fourth-order valence-corrected chi connectivity index (χ4v) is 2.48. The molecule has 24 heavy (non-hydrogen) atoms. The molecule has 1 N–H and O–H groups in total. The largest absolute Gasteiger partial charge is 0.465 e. The Hall–Kier alpha value is -2.48. The first kappa shape index (κ1) is 17.9. The monoisotopic (exact) mass is 355 g/mol. The van der Waals surface area contributed by atoms with Gasteiger partial charge >= 0.3 is 5.97 Å². The lowest BCUT2D eigenvalue weighted by Crippen LogP contribution is -2.16. The second-order valence-corrected chi connectivity index (χ2v) is 5.64. The number of anilines is 1. The van der Waals surface area contributed by atoms with Gasteiger partial charge in [-0.15, -0.1) is 11.8 Å². The van der Waals surface area contributed by atoms with Crippen LogP contribution in [0.1, 0.15) is 10.4 Å². The van der Waals surface area contributed by atoms with Gasteiger partial charge in [0.05, 0.1) is 24.1 Å². The molecular formula is C16H12F3NO3S. The third kappa shape index (κ3) is 4.51. The van der Waals surface area contributed by atoms with Crippen LogP contribution in [-0.4, -0.2) is 24.7 Å². The fraction of sp³-hybridized carbons (Fsp3) is 0.125. The van der Waals surface area contributed by atoms with E-state index in [0.29, 0.717) is 11.0 Å². The Balaban J connectivity index is 2.05. The maximum absolute atomic E-state index is 13.7. The summed E-state index contributed by atoms with van der Waals surface area (Å²) in [6, 6.07) is 6.87. The summed E-state index contributed by atoms with van der Waals surface area (Å²) >= 11 is 1.11. The third-order valence-corrected chi connectivity index (χ3v) is 3.93. The van der Waals surface area contributed by atoms with E-state index >= 15 is 0 Å². The van der Waals surface area contributed by atoms with E-state index in [1.54, 1.807) is 0 Å². The van der Waals surface area contributed by atoms with Crippen molar-refractivity contribution in [2.45, 2.75) is 4.90 Å². The van der Waals surface area contributed by atoms with Crippen LogP contribution >= 0.6 is 11.8 Å². The van der Waals surface area contributed by atoms with Crippen molar-refractivity contribution in [1.29, 1.82) is 0 Å². The molecule has 0 saturated heterocycles. The van der Waals surface area contributed by atoms with Crippen LogP contribution in [0.15, 0.2) is 41.3 Å². The minimum Gasteiger partial charge on any atom is -0.465 e. The second-order valence-electron chi connectivity index (χ2n) is 4.59. The maximum Gasteiger partial charge on any atom is 0.340 e. The molecule has 1 amide bonds. The van der Waals surface area contributed by atoms with Crippen molar-refractivity contribution in [3.63, 3.8) is 0 Å². The highest BCUT2D eigenvalue weighted by Crippen LogP contribution is 2.22. The molecule has 0 unspecified atom stereocenters. The van der Waals surface area contributed by atoms with Gasteiger partial charge in [0, 0.05) is 11.0 Å². The lowest BCUT2D eigenvalue weighted by Gasteiger charge is -2.09. The predicted octanol–water partition coefficient (Wildman–Crippen LogP) is 3.62. The van der Waals surface area contributed by atoms with Crippen molar-refractivity contribution in [1.82, 2.24) is 0 Å². The van der Waals surface area contributed by atoms with Crippen LogP contribution < -0.4 is 5.32 Å². The van der Waals surface area contributed by atoms with E-state index < -0.39 is 34.9 Å². The molecule has 2 rings (SSSR count). The van der Waals surface area contributed by atoms with Crippen LogP contribution in [-0.2, 0) is 9.53 Å². The number of carbonyl (C=O) groups excluding carboxylic acids is 2. The second kappa shape index (κ2) is 7.87. The first-order valence-electron chi connectivity index (χ1n) is 6.66. The lowest BCUT2D eigenvalue weighted by atomic mass is 10.1. The highest BCUT2D eigenvalue weighted by Gasteiger charge is 2.17. The number of esters is 1. The van der Waals surface area contributed by atoms with Crippen molar-refractivity contribution in [3.8, 4) is 0 Å². The third-order valence-electron chi connectivity index (χ3n) is 2.92. The number of rotatable bonds is 5. The number of amides is 1. The first-order valence-corrected chi connectivity index (χ1v) is 7.65. The molecule has 126 valence electrons. The number of ether oxygens (including phenoxy) is 1. The zero-order valence-corrected chi connectivity index (χ0v) is 13.3. The molecule has 0 atom stereocenters. The van der Waals surface area contributed by atoms with Crippen molar-refractivity contribution < 1.29 is 27.5 Å².